The highest BCUT2D eigenvalue weighted by Crippen LogP contribution is 2.25. The van der Waals surface area contributed by atoms with Crippen LogP contribution >= 0.6 is 0 Å². The van der Waals surface area contributed by atoms with Gasteiger partial charge in [-0.1, -0.05) is 0 Å². The van der Waals surface area contributed by atoms with E-state index in [4.69, 9.17) is 15.3 Å². The van der Waals surface area contributed by atoms with Crippen molar-refractivity contribution in [2.24, 2.45) is 0 Å². The normalized spacial score (nSPS) is 9.30. The monoisotopic (exact) mass is 265 g/mol. The van der Waals surface area contributed by atoms with E-state index >= 15 is 0 Å². The zero-order valence-corrected chi connectivity index (χ0v) is 10.1. The standard InChI is InChI=1S/C14H7N3O3/c15-8-10-5-11(9-16)7-14(6-10)20-13-3-1-12(2-4-13)17(18)19/h1-7H. The molecule has 2 aromatic carbocycles. The Morgan fingerprint density at radius 2 is 1.50 bits per heavy atom. The Kier molecular flexibility index (Phi) is 3.60. The topological polar surface area (TPSA) is 100.0 Å². The first-order valence-electron chi connectivity index (χ1n) is 5.50. The van der Waals surface area contributed by atoms with Gasteiger partial charge in [0.05, 0.1) is 28.2 Å². The van der Waals surface area contributed by atoms with Gasteiger partial charge in [-0.2, -0.15) is 10.5 Å². The van der Waals surface area contributed by atoms with E-state index in [9.17, 15) is 10.1 Å². The molecule has 0 aliphatic heterocycles. The first-order chi connectivity index (χ1) is 9.62. The first kappa shape index (κ1) is 13.1. The van der Waals surface area contributed by atoms with Crippen LogP contribution in [0.1, 0.15) is 11.1 Å². The summed E-state index contributed by atoms with van der Waals surface area (Å²) < 4.78 is 5.47. The molecule has 0 saturated heterocycles. The van der Waals surface area contributed by atoms with Crippen molar-refractivity contribution in [3.63, 3.8) is 0 Å². The van der Waals surface area contributed by atoms with Gasteiger partial charge in [0.25, 0.3) is 5.69 Å². The summed E-state index contributed by atoms with van der Waals surface area (Å²) in [6.45, 7) is 0. The Balaban J connectivity index is 2.28. The molecule has 0 spiro atoms. The average molecular weight is 265 g/mol. The number of hydrogen-bond acceptors (Lipinski definition) is 5. The molecule has 0 N–H and O–H groups in total. The molecule has 96 valence electrons. The predicted molar refractivity (Wildman–Crippen MR) is 69.0 cm³/mol. The molecule has 0 aliphatic rings. The Bertz CT molecular complexity index is 707. The molecule has 0 radical (unpaired) electrons. The van der Waals surface area contributed by atoms with Crippen molar-refractivity contribution in [2.45, 2.75) is 0 Å². The molecule has 0 bridgehead atoms. The van der Waals surface area contributed by atoms with Gasteiger partial charge in [-0.15, -0.1) is 0 Å². The van der Waals surface area contributed by atoms with E-state index in [0.29, 0.717) is 22.6 Å². The van der Waals surface area contributed by atoms with Gasteiger partial charge in [-0.3, -0.25) is 10.1 Å². The largest absolute Gasteiger partial charge is 0.457 e. The van der Waals surface area contributed by atoms with Crippen LogP contribution in [0.2, 0.25) is 0 Å². The first-order valence-corrected chi connectivity index (χ1v) is 5.50. The van der Waals surface area contributed by atoms with Crippen LogP contribution in [0, 0.1) is 32.8 Å². The van der Waals surface area contributed by atoms with E-state index in [1.807, 2.05) is 12.1 Å². The zero-order valence-electron chi connectivity index (χ0n) is 10.1. The summed E-state index contributed by atoms with van der Waals surface area (Å²) >= 11 is 0. The Morgan fingerprint density at radius 3 is 1.95 bits per heavy atom. The highest BCUT2D eigenvalue weighted by Gasteiger charge is 2.06. The van der Waals surface area contributed by atoms with Crippen LogP contribution < -0.4 is 4.74 Å². The second kappa shape index (κ2) is 5.51. The van der Waals surface area contributed by atoms with Crippen molar-refractivity contribution in [3.05, 3.63) is 63.7 Å². The minimum atomic E-state index is -0.506. The predicted octanol–water partition coefficient (Wildman–Crippen LogP) is 3.13. The summed E-state index contributed by atoms with van der Waals surface area (Å²) in [7, 11) is 0. The summed E-state index contributed by atoms with van der Waals surface area (Å²) in [5.41, 5.74) is 0.572. The molecular formula is C14H7N3O3. The maximum Gasteiger partial charge on any atom is 0.269 e. The van der Waals surface area contributed by atoms with Crippen molar-refractivity contribution >= 4 is 5.69 Å². The van der Waals surface area contributed by atoms with Crippen LogP contribution in [0.15, 0.2) is 42.5 Å². The van der Waals surface area contributed by atoms with Crippen molar-refractivity contribution in [1.29, 1.82) is 10.5 Å². The van der Waals surface area contributed by atoms with Gasteiger partial charge in [0.2, 0.25) is 0 Å². The molecule has 6 heteroatoms. The van der Waals surface area contributed by atoms with E-state index in [-0.39, 0.29) is 5.69 Å². The summed E-state index contributed by atoms with van der Waals surface area (Å²) in [4.78, 5) is 10.0. The number of nitro benzene ring substituents is 1. The summed E-state index contributed by atoms with van der Waals surface area (Å²) in [6, 6.07) is 13.8. The molecule has 0 fully saturated rings. The fourth-order valence-electron chi connectivity index (χ4n) is 1.56. The number of hydrogen-bond donors (Lipinski definition) is 0. The molecule has 0 saturated carbocycles. The number of benzene rings is 2. The van der Waals surface area contributed by atoms with Crippen LogP contribution in [0.5, 0.6) is 11.5 Å². The third-order valence-corrected chi connectivity index (χ3v) is 2.45. The molecule has 0 unspecified atom stereocenters. The number of ether oxygens (including phenoxy) is 1. The van der Waals surface area contributed by atoms with Crippen LogP contribution in [-0.4, -0.2) is 4.92 Å². The van der Waals surface area contributed by atoms with Gasteiger partial charge in [0.15, 0.2) is 0 Å². The highest BCUT2D eigenvalue weighted by molar-refractivity contribution is 5.47. The SMILES string of the molecule is N#Cc1cc(C#N)cc(Oc2ccc([N+](=O)[O-])cc2)c1. The minimum absolute atomic E-state index is 0.0409. The minimum Gasteiger partial charge on any atom is -0.457 e. The third kappa shape index (κ3) is 2.89. The molecule has 0 atom stereocenters. The molecule has 6 nitrogen and oxygen atoms in total. The number of nitro groups is 1. The van der Waals surface area contributed by atoms with Crippen molar-refractivity contribution in [1.82, 2.24) is 0 Å². The number of nitriles is 2. The van der Waals surface area contributed by atoms with Crippen LogP contribution in [0.4, 0.5) is 5.69 Å². The van der Waals surface area contributed by atoms with Gasteiger partial charge in [-0.05, 0) is 30.3 Å². The summed E-state index contributed by atoms with van der Waals surface area (Å²) in [6.07, 6.45) is 0. The van der Waals surface area contributed by atoms with Crippen molar-refractivity contribution in [2.75, 3.05) is 0 Å². The lowest BCUT2D eigenvalue weighted by molar-refractivity contribution is -0.384. The van der Waals surface area contributed by atoms with Crippen LogP contribution in [0.3, 0.4) is 0 Å². The lowest BCUT2D eigenvalue weighted by Crippen LogP contribution is -1.89. The van der Waals surface area contributed by atoms with E-state index in [1.54, 1.807) is 0 Å². The second-order valence-electron chi connectivity index (χ2n) is 3.82. The zero-order chi connectivity index (χ0) is 14.5. The lowest BCUT2D eigenvalue weighted by atomic mass is 10.1. The molecule has 2 aromatic rings. The maximum atomic E-state index is 10.5. The van der Waals surface area contributed by atoms with Gasteiger partial charge in [0, 0.05) is 12.1 Å². The summed E-state index contributed by atoms with van der Waals surface area (Å²) in [5, 5.41) is 28.2. The quantitative estimate of drug-likeness (QED) is 0.626. The molecular weight excluding hydrogens is 258 g/mol. The molecule has 0 heterocycles. The molecule has 0 aliphatic carbocycles. The van der Waals surface area contributed by atoms with Crippen molar-refractivity contribution < 1.29 is 9.66 Å². The number of rotatable bonds is 3. The average Bonchev–Trinajstić information content (AvgIpc) is 2.47. The Hall–Kier alpha value is -3.38. The smallest absolute Gasteiger partial charge is 0.269 e. The fraction of sp³-hybridized carbons (Fsp3) is 0. The lowest BCUT2D eigenvalue weighted by Gasteiger charge is -2.06. The molecule has 0 aromatic heterocycles. The maximum absolute atomic E-state index is 10.5. The van der Waals surface area contributed by atoms with Crippen LogP contribution in [0.25, 0.3) is 0 Å². The number of non-ortho nitro benzene ring substituents is 1. The van der Waals surface area contributed by atoms with Gasteiger partial charge in [-0.25, -0.2) is 0 Å². The van der Waals surface area contributed by atoms with E-state index in [1.165, 1.54) is 42.5 Å². The van der Waals surface area contributed by atoms with E-state index < -0.39 is 4.92 Å². The molecule has 2 rings (SSSR count). The highest BCUT2D eigenvalue weighted by atomic mass is 16.6. The fourth-order valence-corrected chi connectivity index (χ4v) is 1.56. The second-order valence-corrected chi connectivity index (χ2v) is 3.82. The third-order valence-electron chi connectivity index (χ3n) is 2.45. The van der Waals surface area contributed by atoms with Gasteiger partial charge < -0.3 is 4.74 Å². The Morgan fingerprint density at radius 1 is 0.950 bits per heavy atom. The van der Waals surface area contributed by atoms with E-state index in [2.05, 4.69) is 0 Å². The van der Waals surface area contributed by atoms with E-state index in [0.717, 1.165) is 0 Å². The summed E-state index contributed by atoms with van der Waals surface area (Å²) in [5.74, 6) is 0.712. The Labute approximate surface area is 114 Å². The van der Waals surface area contributed by atoms with Gasteiger partial charge in [0.1, 0.15) is 11.5 Å². The van der Waals surface area contributed by atoms with Gasteiger partial charge >= 0.3 is 0 Å². The number of nitrogens with zero attached hydrogens (tertiary/aromatic N) is 3. The van der Waals surface area contributed by atoms with Crippen LogP contribution in [-0.2, 0) is 0 Å². The van der Waals surface area contributed by atoms with Crippen molar-refractivity contribution in [3.8, 4) is 23.6 Å². The molecule has 0 amide bonds. The molecule has 20 heavy (non-hydrogen) atoms.